The van der Waals surface area contributed by atoms with Crippen LogP contribution in [0, 0.1) is 17.0 Å². The van der Waals surface area contributed by atoms with Gasteiger partial charge < -0.3 is 15.4 Å². The average Bonchev–Trinajstić information content (AvgIpc) is 2.74. The highest BCUT2D eigenvalue weighted by molar-refractivity contribution is 6.10. The molecule has 4 rings (SSSR count). The molecule has 1 aliphatic heterocycles. The largest absolute Gasteiger partial charge is 0.496 e. The van der Waals surface area contributed by atoms with Crippen molar-refractivity contribution in [2.24, 2.45) is 5.41 Å². The third-order valence-corrected chi connectivity index (χ3v) is 6.14. The summed E-state index contributed by atoms with van der Waals surface area (Å²) in [6.07, 6.45) is 0.961. The summed E-state index contributed by atoms with van der Waals surface area (Å²) in [5.74, 6) is -2.74. The van der Waals surface area contributed by atoms with E-state index in [4.69, 9.17) is 4.74 Å². The number of nitrogens with one attached hydrogen (secondary N) is 2. The Labute approximate surface area is 191 Å². The predicted octanol–water partition coefficient (Wildman–Crippen LogP) is 5.22. The molecule has 0 bridgehead atoms. The number of hydrogen-bond acceptors (Lipinski definition) is 4. The third-order valence-electron chi connectivity index (χ3n) is 6.14. The summed E-state index contributed by atoms with van der Waals surface area (Å²) in [5.41, 5.74) is 1.86. The molecule has 0 radical (unpaired) electrons. The molecule has 33 heavy (non-hydrogen) atoms. The Morgan fingerprint density at radius 3 is 2.42 bits per heavy atom. The summed E-state index contributed by atoms with van der Waals surface area (Å²) in [5, 5.41) is 5.62. The summed E-state index contributed by atoms with van der Waals surface area (Å²) in [6, 6.07) is 10.5. The van der Waals surface area contributed by atoms with Crippen LogP contribution in [-0.4, -0.2) is 18.8 Å². The molecule has 1 amide bonds. The Morgan fingerprint density at radius 1 is 1.09 bits per heavy atom. The number of ketones is 1. The first kappa shape index (κ1) is 22.7. The monoisotopic (exact) mass is 452 g/mol. The van der Waals surface area contributed by atoms with Crippen molar-refractivity contribution in [3.63, 3.8) is 0 Å². The van der Waals surface area contributed by atoms with Gasteiger partial charge >= 0.3 is 0 Å². The lowest BCUT2D eigenvalue weighted by atomic mass is 9.68. The molecule has 0 spiro atoms. The summed E-state index contributed by atoms with van der Waals surface area (Å²) >= 11 is 0. The van der Waals surface area contributed by atoms with Gasteiger partial charge in [0.1, 0.15) is 23.1 Å². The number of allylic oxidation sites excluding steroid dienone is 3. The number of Topliss-reactive ketones (excluding diaryl/α,β-unsaturated/α-hetero) is 1. The van der Waals surface area contributed by atoms with Crippen LogP contribution in [0.3, 0.4) is 0 Å². The van der Waals surface area contributed by atoms with E-state index in [9.17, 15) is 18.4 Å². The number of dihydropyridines is 1. The molecule has 5 nitrogen and oxygen atoms in total. The van der Waals surface area contributed by atoms with E-state index in [1.165, 1.54) is 13.2 Å². The summed E-state index contributed by atoms with van der Waals surface area (Å²) in [6.45, 7) is 5.78. The quantitative estimate of drug-likeness (QED) is 0.668. The van der Waals surface area contributed by atoms with E-state index in [1.807, 2.05) is 13.8 Å². The lowest BCUT2D eigenvalue weighted by molar-refractivity contribution is -0.118. The van der Waals surface area contributed by atoms with E-state index in [0.29, 0.717) is 35.4 Å². The SMILES string of the molecule is COc1ccccc1C1C(C(=O)Nc2c(F)cccc2F)=C(C)NC2=C1C(=O)CC(C)(C)C2. The van der Waals surface area contributed by atoms with Gasteiger partial charge in [-0.25, -0.2) is 8.78 Å². The highest BCUT2D eigenvalue weighted by Gasteiger charge is 2.43. The van der Waals surface area contributed by atoms with E-state index in [-0.39, 0.29) is 16.8 Å². The summed E-state index contributed by atoms with van der Waals surface area (Å²) < 4.78 is 34.1. The molecule has 0 aromatic heterocycles. The van der Waals surface area contributed by atoms with Gasteiger partial charge in [0.2, 0.25) is 0 Å². The Hall–Kier alpha value is -3.48. The molecular weight excluding hydrogens is 426 g/mol. The van der Waals surface area contributed by atoms with Gasteiger partial charge in [-0.05, 0) is 37.0 Å². The molecule has 2 aromatic carbocycles. The zero-order valence-electron chi connectivity index (χ0n) is 19.0. The van der Waals surface area contributed by atoms with Crippen molar-refractivity contribution in [3.05, 3.63) is 82.2 Å². The first-order valence-electron chi connectivity index (χ1n) is 10.8. The van der Waals surface area contributed by atoms with E-state index < -0.39 is 29.1 Å². The highest BCUT2D eigenvalue weighted by atomic mass is 19.1. The Balaban J connectivity index is 1.87. The molecule has 2 aliphatic rings. The van der Waals surface area contributed by atoms with Crippen LogP contribution in [0.5, 0.6) is 5.75 Å². The lowest BCUT2D eigenvalue weighted by Crippen LogP contribution is -2.39. The van der Waals surface area contributed by atoms with Crippen LogP contribution in [0.25, 0.3) is 0 Å². The smallest absolute Gasteiger partial charge is 0.254 e. The van der Waals surface area contributed by atoms with Gasteiger partial charge in [0.15, 0.2) is 5.78 Å². The fourth-order valence-corrected chi connectivity index (χ4v) is 4.75. The van der Waals surface area contributed by atoms with Gasteiger partial charge in [0, 0.05) is 34.5 Å². The molecule has 0 fully saturated rings. The number of carbonyl (C=O) groups is 2. The van der Waals surface area contributed by atoms with Crippen molar-refractivity contribution < 1.29 is 23.1 Å². The number of methoxy groups -OCH3 is 1. The fourth-order valence-electron chi connectivity index (χ4n) is 4.75. The topological polar surface area (TPSA) is 67.4 Å². The molecule has 1 atom stereocenters. The highest BCUT2D eigenvalue weighted by Crippen LogP contribution is 2.48. The number of benzene rings is 2. The zero-order valence-corrected chi connectivity index (χ0v) is 19.0. The molecule has 2 N–H and O–H groups in total. The van der Waals surface area contributed by atoms with Crippen LogP contribution in [0.15, 0.2) is 65.0 Å². The second kappa shape index (κ2) is 8.46. The van der Waals surface area contributed by atoms with Gasteiger partial charge in [0.05, 0.1) is 13.0 Å². The number of amides is 1. The first-order chi connectivity index (χ1) is 15.6. The van der Waals surface area contributed by atoms with Crippen molar-refractivity contribution in [2.45, 2.75) is 39.5 Å². The molecule has 7 heteroatoms. The first-order valence-corrected chi connectivity index (χ1v) is 10.8. The molecular formula is C26H26F2N2O3. The van der Waals surface area contributed by atoms with E-state index in [0.717, 1.165) is 17.8 Å². The number of anilines is 1. The van der Waals surface area contributed by atoms with Gasteiger partial charge in [0.25, 0.3) is 5.91 Å². The second-order valence-electron chi connectivity index (χ2n) is 9.22. The Bertz CT molecular complexity index is 1190. The molecule has 1 heterocycles. The minimum atomic E-state index is -0.880. The minimum absolute atomic E-state index is 0.0699. The molecule has 2 aromatic rings. The fraction of sp³-hybridized carbons (Fsp3) is 0.308. The van der Waals surface area contributed by atoms with Gasteiger partial charge in [-0.1, -0.05) is 38.1 Å². The van der Waals surface area contributed by atoms with Crippen molar-refractivity contribution >= 4 is 17.4 Å². The van der Waals surface area contributed by atoms with Crippen LogP contribution in [0.2, 0.25) is 0 Å². The van der Waals surface area contributed by atoms with E-state index in [2.05, 4.69) is 10.6 Å². The molecule has 1 unspecified atom stereocenters. The zero-order chi connectivity index (χ0) is 23.9. The molecule has 172 valence electrons. The minimum Gasteiger partial charge on any atom is -0.496 e. The third kappa shape index (κ3) is 4.15. The second-order valence-corrected chi connectivity index (χ2v) is 9.22. The van der Waals surface area contributed by atoms with Crippen LogP contribution in [0.1, 0.15) is 45.1 Å². The number of ether oxygens (including phenoxy) is 1. The van der Waals surface area contributed by atoms with Crippen molar-refractivity contribution in [3.8, 4) is 5.75 Å². The molecule has 0 saturated carbocycles. The Kier molecular flexibility index (Phi) is 5.82. The molecule has 1 aliphatic carbocycles. The van der Waals surface area contributed by atoms with Crippen LogP contribution in [-0.2, 0) is 9.59 Å². The van der Waals surface area contributed by atoms with Gasteiger partial charge in [-0.3, -0.25) is 9.59 Å². The number of halogens is 2. The van der Waals surface area contributed by atoms with Crippen molar-refractivity contribution in [2.75, 3.05) is 12.4 Å². The predicted molar refractivity (Wildman–Crippen MR) is 122 cm³/mol. The number of rotatable bonds is 4. The van der Waals surface area contributed by atoms with Crippen molar-refractivity contribution in [1.29, 1.82) is 0 Å². The van der Waals surface area contributed by atoms with Crippen molar-refractivity contribution in [1.82, 2.24) is 5.32 Å². The lowest BCUT2D eigenvalue weighted by Gasteiger charge is -2.40. The maximum absolute atomic E-state index is 14.3. The number of para-hydroxylation sites is 2. The average molecular weight is 453 g/mol. The van der Waals surface area contributed by atoms with Crippen LogP contribution < -0.4 is 15.4 Å². The van der Waals surface area contributed by atoms with E-state index >= 15 is 0 Å². The summed E-state index contributed by atoms with van der Waals surface area (Å²) in [7, 11) is 1.52. The molecule has 0 saturated heterocycles. The summed E-state index contributed by atoms with van der Waals surface area (Å²) in [4.78, 5) is 26.8. The normalized spacial score (nSPS) is 19.7. The van der Waals surface area contributed by atoms with Crippen LogP contribution in [0.4, 0.5) is 14.5 Å². The standard InChI is InChI=1S/C26H26F2N2O3/c1-14-21(25(32)30-24-16(27)9-7-10-17(24)28)22(15-8-5-6-11-20(15)33-4)23-18(29-14)12-26(2,3)13-19(23)31/h5-11,22,29H,12-13H2,1-4H3,(H,30,32). The number of carbonyl (C=O) groups excluding carboxylic acids is 2. The maximum atomic E-state index is 14.3. The van der Waals surface area contributed by atoms with E-state index in [1.54, 1.807) is 31.2 Å². The van der Waals surface area contributed by atoms with Crippen LogP contribution >= 0.6 is 0 Å². The Morgan fingerprint density at radius 2 is 1.76 bits per heavy atom. The van der Waals surface area contributed by atoms with Gasteiger partial charge in [-0.15, -0.1) is 0 Å². The van der Waals surface area contributed by atoms with Gasteiger partial charge in [-0.2, -0.15) is 0 Å². The maximum Gasteiger partial charge on any atom is 0.254 e. The number of hydrogen-bond donors (Lipinski definition) is 2.